The van der Waals surface area contributed by atoms with Gasteiger partial charge in [0, 0.05) is 18.8 Å². The second-order valence-electron chi connectivity index (χ2n) is 7.64. The van der Waals surface area contributed by atoms with Crippen LogP contribution < -0.4 is 4.90 Å². The monoisotopic (exact) mass is 334 g/mol. The van der Waals surface area contributed by atoms with E-state index in [1.54, 1.807) is 4.90 Å². The number of carbonyl (C=O) groups excluding carboxylic acids is 1. The standard InChI is InChI=1S/C19H30N2O3/c1-7-20(15-11-9-8-10-12-15)13-16-14-23-19(5,6)21(16)17(22)24-18(2,3)4/h8-12,16H,7,13-14H2,1-6H3/t16-/m0/s1. The molecule has 5 heteroatoms. The molecule has 0 spiro atoms. The van der Waals surface area contributed by atoms with Gasteiger partial charge < -0.3 is 14.4 Å². The lowest BCUT2D eigenvalue weighted by atomic mass is 10.2. The molecule has 24 heavy (non-hydrogen) atoms. The summed E-state index contributed by atoms with van der Waals surface area (Å²) in [6, 6.07) is 10.2. The van der Waals surface area contributed by atoms with Gasteiger partial charge in [-0.3, -0.25) is 4.90 Å². The van der Waals surface area contributed by atoms with Crippen molar-refractivity contribution in [2.45, 2.75) is 58.9 Å². The van der Waals surface area contributed by atoms with Gasteiger partial charge in [-0.05, 0) is 53.7 Å². The van der Waals surface area contributed by atoms with Gasteiger partial charge in [-0.2, -0.15) is 0 Å². The van der Waals surface area contributed by atoms with Crippen molar-refractivity contribution in [1.29, 1.82) is 0 Å². The Morgan fingerprint density at radius 2 is 1.96 bits per heavy atom. The van der Waals surface area contributed by atoms with Crippen molar-refractivity contribution in [3.63, 3.8) is 0 Å². The number of ether oxygens (including phenoxy) is 2. The van der Waals surface area contributed by atoms with Crippen LogP contribution in [0.25, 0.3) is 0 Å². The highest BCUT2D eigenvalue weighted by atomic mass is 16.6. The van der Waals surface area contributed by atoms with Crippen LogP contribution in [0.3, 0.4) is 0 Å². The first-order valence-corrected chi connectivity index (χ1v) is 8.60. The summed E-state index contributed by atoms with van der Waals surface area (Å²) >= 11 is 0. The average Bonchev–Trinajstić information content (AvgIpc) is 2.78. The largest absolute Gasteiger partial charge is 0.444 e. The maximum Gasteiger partial charge on any atom is 0.412 e. The highest BCUT2D eigenvalue weighted by molar-refractivity contribution is 5.70. The average molecular weight is 334 g/mol. The van der Waals surface area contributed by atoms with E-state index < -0.39 is 11.3 Å². The molecule has 0 bridgehead atoms. The molecule has 0 radical (unpaired) electrons. The zero-order chi connectivity index (χ0) is 18.0. The smallest absolute Gasteiger partial charge is 0.412 e. The molecular formula is C19H30N2O3. The van der Waals surface area contributed by atoms with Crippen molar-refractivity contribution in [3.05, 3.63) is 30.3 Å². The SMILES string of the molecule is CCN(C[C@H]1COC(C)(C)N1C(=O)OC(C)(C)C)c1ccccc1. The maximum atomic E-state index is 12.7. The minimum absolute atomic E-state index is 0.0463. The van der Waals surface area contributed by atoms with Gasteiger partial charge in [0.05, 0.1) is 12.6 Å². The summed E-state index contributed by atoms with van der Waals surface area (Å²) in [6.07, 6.45) is -0.320. The third-order valence-electron chi connectivity index (χ3n) is 4.10. The normalized spacial score (nSPS) is 20.1. The molecule has 1 aliphatic rings. The Bertz CT molecular complexity index is 551. The molecule has 0 aromatic heterocycles. The van der Waals surface area contributed by atoms with E-state index >= 15 is 0 Å². The number of para-hydroxylation sites is 1. The van der Waals surface area contributed by atoms with Crippen LogP contribution in [0.15, 0.2) is 30.3 Å². The molecule has 1 saturated heterocycles. The van der Waals surface area contributed by atoms with Gasteiger partial charge in [0.1, 0.15) is 11.3 Å². The van der Waals surface area contributed by atoms with Crippen molar-refractivity contribution in [3.8, 4) is 0 Å². The summed E-state index contributed by atoms with van der Waals surface area (Å²) in [5, 5.41) is 0. The Labute approximate surface area is 145 Å². The number of benzene rings is 1. The van der Waals surface area contributed by atoms with E-state index in [1.807, 2.05) is 52.8 Å². The van der Waals surface area contributed by atoms with Gasteiger partial charge in [-0.1, -0.05) is 18.2 Å². The molecular weight excluding hydrogens is 304 g/mol. The molecule has 134 valence electrons. The number of hydrogen-bond donors (Lipinski definition) is 0. The maximum absolute atomic E-state index is 12.7. The van der Waals surface area contributed by atoms with Crippen LogP contribution in [0.4, 0.5) is 10.5 Å². The summed E-state index contributed by atoms with van der Waals surface area (Å²) in [6.45, 7) is 13.7. The number of hydrogen-bond acceptors (Lipinski definition) is 4. The van der Waals surface area contributed by atoms with Crippen LogP contribution in [-0.4, -0.2) is 48.1 Å². The van der Waals surface area contributed by atoms with Crippen molar-refractivity contribution in [1.82, 2.24) is 4.90 Å². The van der Waals surface area contributed by atoms with Crippen molar-refractivity contribution in [2.75, 3.05) is 24.6 Å². The first kappa shape index (κ1) is 18.6. The molecule has 1 heterocycles. The first-order valence-electron chi connectivity index (χ1n) is 8.60. The van der Waals surface area contributed by atoms with Gasteiger partial charge >= 0.3 is 6.09 Å². The Morgan fingerprint density at radius 3 is 2.50 bits per heavy atom. The van der Waals surface area contributed by atoms with Gasteiger partial charge in [0.25, 0.3) is 0 Å². The Morgan fingerprint density at radius 1 is 1.33 bits per heavy atom. The minimum atomic E-state index is -0.664. The van der Waals surface area contributed by atoms with E-state index in [0.717, 1.165) is 12.2 Å². The topological polar surface area (TPSA) is 42.0 Å². The van der Waals surface area contributed by atoms with Crippen molar-refractivity contribution >= 4 is 11.8 Å². The fraction of sp³-hybridized carbons (Fsp3) is 0.632. The second-order valence-corrected chi connectivity index (χ2v) is 7.64. The summed E-state index contributed by atoms with van der Waals surface area (Å²) in [5.74, 6) is 0. The molecule has 1 aromatic carbocycles. The minimum Gasteiger partial charge on any atom is -0.444 e. The molecule has 2 rings (SSSR count). The highest BCUT2D eigenvalue weighted by Crippen LogP contribution is 2.30. The van der Waals surface area contributed by atoms with E-state index in [1.165, 1.54) is 0 Å². The number of likely N-dealkylation sites (N-methyl/N-ethyl adjacent to an activating group) is 1. The first-order chi connectivity index (χ1) is 11.1. The zero-order valence-electron chi connectivity index (χ0n) is 15.7. The molecule has 1 atom stereocenters. The molecule has 0 N–H and O–H groups in total. The quantitative estimate of drug-likeness (QED) is 0.838. The van der Waals surface area contributed by atoms with E-state index in [4.69, 9.17) is 9.47 Å². The van der Waals surface area contributed by atoms with Gasteiger partial charge in [-0.15, -0.1) is 0 Å². The molecule has 1 aromatic rings. The number of amides is 1. The highest BCUT2D eigenvalue weighted by Gasteiger charge is 2.46. The third kappa shape index (κ3) is 4.41. The van der Waals surface area contributed by atoms with Crippen LogP contribution in [-0.2, 0) is 9.47 Å². The van der Waals surface area contributed by atoms with Crippen LogP contribution >= 0.6 is 0 Å². The van der Waals surface area contributed by atoms with E-state index in [0.29, 0.717) is 13.2 Å². The zero-order valence-corrected chi connectivity index (χ0v) is 15.7. The van der Waals surface area contributed by atoms with Crippen LogP contribution in [0, 0.1) is 0 Å². The van der Waals surface area contributed by atoms with E-state index in [2.05, 4.69) is 24.0 Å². The molecule has 0 unspecified atom stereocenters. The Hall–Kier alpha value is -1.75. The predicted octanol–water partition coefficient (Wildman–Crippen LogP) is 3.88. The van der Waals surface area contributed by atoms with Crippen LogP contribution in [0.2, 0.25) is 0 Å². The number of anilines is 1. The molecule has 1 aliphatic heterocycles. The molecule has 0 saturated carbocycles. The number of rotatable bonds is 4. The number of nitrogens with zero attached hydrogens (tertiary/aromatic N) is 2. The van der Waals surface area contributed by atoms with E-state index in [9.17, 15) is 4.79 Å². The van der Waals surface area contributed by atoms with Crippen molar-refractivity contribution in [2.24, 2.45) is 0 Å². The Balaban J connectivity index is 2.17. The summed E-state index contributed by atoms with van der Waals surface area (Å²) in [5.41, 5.74) is -0.0401. The molecule has 1 amide bonds. The van der Waals surface area contributed by atoms with Gasteiger partial charge in [0.2, 0.25) is 0 Å². The van der Waals surface area contributed by atoms with Crippen molar-refractivity contribution < 1.29 is 14.3 Å². The van der Waals surface area contributed by atoms with Gasteiger partial charge in [-0.25, -0.2) is 4.79 Å². The number of carbonyl (C=O) groups is 1. The second kappa shape index (κ2) is 7.01. The fourth-order valence-electron chi connectivity index (χ4n) is 3.01. The fourth-order valence-corrected chi connectivity index (χ4v) is 3.01. The van der Waals surface area contributed by atoms with Gasteiger partial charge in [0.15, 0.2) is 0 Å². The van der Waals surface area contributed by atoms with Crippen LogP contribution in [0.5, 0.6) is 0 Å². The molecule has 1 fully saturated rings. The van der Waals surface area contributed by atoms with E-state index in [-0.39, 0.29) is 12.1 Å². The summed E-state index contributed by atoms with van der Waals surface area (Å²) in [7, 11) is 0. The lowest BCUT2D eigenvalue weighted by Crippen LogP contribution is -2.53. The third-order valence-corrected chi connectivity index (χ3v) is 4.10. The van der Waals surface area contributed by atoms with Crippen LogP contribution in [0.1, 0.15) is 41.5 Å². The molecule has 5 nitrogen and oxygen atoms in total. The summed E-state index contributed by atoms with van der Waals surface area (Å²) < 4.78 is 11.5. The molecule has 0 aliphatic carbocycles. The summed E-state index contributed by atoms with van der Waals surface area (Å²) in [4.78, 5) is 16.7. The Kier molecular flexibility index (Phi) is 5.43. The lowest BCUT2D eigenvalue weighted by Gasteiger charge is -2.37. The predicted molar refractivity (Wildman–Crippen MR) is 96.2 cm³/mol. The lowest BCUT2D eigenvalue weighted by molar-refractivity contribution is -0.0621.